The van der Waals surface area contributed by atoms with Crippen LogP contribution in [0.15, 0.2) is 36.6 Å². The van der Waals surface area contributed by atoms with Gasteiger partial charge in [0, 0.05) is 0 Å². The van der Waals surface area contributed by atoms with Crippen LogP contribution in [0.5, 0.6) is 0 Å². The number of carbonyl (C=O) groups is 1. The van der Waals surface area contributed by atoms with E-state index in [0.717, 1.165) is 19.1 Å². The zero-order chi connectivity index (χ0) is 14.3. The zero-order valence-corrected chi connectivity index (χ0v) is 11.4. The number of allylic oxidation sites excluding steroid dienone is 5. The summed E-state index contributed by atoms with van der Waals surface area (Å²) >= 11 is 0. The van der Waals surface area contributed by atoms with Gasteiger partial charge in [0.05, 0.1) is 6.26 Å². The summed E-state index contributed by atoms with van der Waals surface area (Å²) in [6, 6.07) is 0. The molecule has 0 fully saturated rings. The smallest absolute Gasteiger partial charge is 0.378 e. The molecule has 1 unspecified atom stereocenters. The fourth-order valence-electron chi connectivity index (χ4n) is 1.31. The number of alkyl halides is 1. The van der Waals surface area contributed by atoms with Crippen molar-refractivity contribution in [1.82, 2.24) is 0 Å². The number of rotatable bonds is 11. The number of halogens is 1. The minimum atomic E-state index is -2.29. The highest BCUT2D eigenvalue weighted by atomic mass is 19.1. The summed E-state index contributed by atoms with van der Waals surface area (Å²) in [5.74, 6) is -1.62. The maximum absolute atomic E-state index is 12.4. The van der Waals surface area contributed by atoms with Crippen LogP contribution >= 0.6 is 0 Å². The van der Waals surface area contributed by atoms with E-state index in [1.165, 1.54) is 19.3 Å². The highest BCUT2D eigenvalue weighted by Crippen LogP contribution is 2.01. The van der Waals surface area contributed by atoms with Gasteiger partial charge in [-0.1, -0.05) is 44.1 Å². The molecule has 1 N–H and O–H groups in total. The highest BCUT2D eigenvalue weighted by Gasteiger charge is 2.13. The van der Waals surface area contributed by atoms with Crippen molar-refractivity contribution in [2.75, 3.05) is 0 Å². The van der Waals surface area contributed by atoms with E-state index < -0.39 is 12.3 Å². The van der Waals surface area contributed by atoms with Crippen molar-refractivity contribution >= 4 is 5.97 Å². The van der Waals surface area contributed by atoms with E-state index in [1.54, 1.807) is 6.08 Å². The van der Waals surface area contributed by atoms with Gasteiger partial charge < -0.3 is 9.84 Å². The molecule has 0 aromatic carbocycles. The average molecular weight is 270 g/mol. The molecule has 0 radical (unpaired) electrons. The number of hydrogen-bond donors (Lipinski definition) is 1. The van der Waals surface area contributed by atoms with Gasteiger partial charge in [-0.15, -0.1) is 0 Å². The first kappa shape index (κ1) is 17.4. The van der Waals surface area contributed by atoms with Crippen LogP contribution in [0.2, 0.25) is 0 Å². The molecule has 19 heavy (non-hydrogen) atoms. The van der Waals surface area contributed by atoms with E-state index in [0.29, 0.717) is 6.42 Å². The molecule has 4 heteroatoms. The van der Waals surface area contributed by atoms with E-state index in [1.807, 2.05) is 12.2 Å². The Morgan fingerprint density at radius 3 is 2.42 bits per heavy atom. The summed E-state index contributed by atoms with van der Waals surface area (Å²) in [5, 5.41) is 8.20. The minimum Gasteiger partial charge on any atom is -0.476 e. The van der Waals surface area contributed by atoms with E-state index in [9.17, 15) is 9.18 Å². The Morgan fingerprint density at radius 2 is 1.79 bits per heavy atom. The van der Waals surface area contributed by atoms with Crippen molar-refractivity contribution in [2.24, 2.45) is 0 Å². The molecule has 0 aliphatic rings. The summed E-state index contributed by atoms with van der Waals surface area (Å²) in [6.07, 6.45) is 14.9. The average Bonchev–Trinajstić information content (AvgIpc) is 2.39. The minimum absolute atomic E-state index is 0.593. The lowest BCUT2D eigenvalue weighted by Gasteiger charge is -1.99. The van der Waals surface area contributed by atoms with Gasteiger partial charge in [0.15, 0.2) is 0 Å². The molecule has 1 atom stereocenters. The molecule has 0 bridgehead atoms. The molecule has 0 aliphatic carbocycles. The SMILES string of the molecule is CCCCC/C=C\C/C=C\C/C=C\OC(F)C(=O)O. The van der Waals surface area contributed by atoms with Crippen LogP contribution in [0.1, 0.15) is 45.4 Å². The number of carboxylic acids is 1. The number of aliphatic carboxylic acids is 1. The predicted molar refractivity (Wildman–Crippen MR) is 74.4 cm³/mol. The third kappa shape index (κ3) is 12.7. The summed E-state index contributed by atoms with van der Waals surface area (Å²) in [4.78, 5) is 10.1. The second-order valence-electron chi connectivity index (χ2n) is 4.07. The van der Waals surface area contributed by atoms with Crippen LogP contribution in [0.3, 0.4) is 0 Å². The van der Waals surface area contributed by atoms with Gasteiger partial charge in [-0.2, -0.15) is 4.39 Å². The Morgan fingerprint density at radius 1 is 1.16 bits per heavy atom. The van der Waals surface area contributed by atoms with E-state index >= 15 is 0 Å². The third-order valence-electron chi connectivity index (χ3n) is 2.34. The van der Waals surface area contributed by atoms with Crippen molar-refractivity contribution in [3.8, 4) is 0 Å². The quantitative estimate of drug-likeness (QED) is 0.344. The van der Waals surface area contributed by atoms with Crippen LogP contribution in [0.4, 0.5) is 4.39 Å². The standard InChI is InChI=1S/C15H23FO3/c1-2-3-4-5-6-7-8-9-10-11-12-13-19-14(16)15(17)18/h6-7,9-10,12-14H,2-5,8,11H2,1H3,(H,17,18)/b7-6-,10-9-,13-12-. The molecule has 3 nitrogen and oxygen atoms in total. The first-order valence-corrected chi connectivity index (χ1v) is 6.65. The predicted octanol–water partition coefficient (Wildman–Crippen LogP) is 4.37. The van der Waals surface area contributed by atoms with Gasteiger partial charge in [0.25, 0.3) is 0 Å². The van der Waals surface area contributed by atoms with E-state index in [-0.39, 0.29) is 0 Å². The largest absolute Gasteiger partial charge is 0.476 e. The normalized spacial score (nSPS) is 13.6. The van der Waals surface area contributed by atoms with Crippen LogP contribution in [-0.4, -0.2) is 17.4 Å². The number of unbranched alkanes of at least 4 members (excludes halogenated alkanes) is 3. The zero-order valence-electron chi connectivity index (χ0n) is 11.4. The maximum atomic E-state index is 12.4. The lowest BCUT2D eigenvalue weighted by molar-refractivity contribution is -0.156. The van der Waals surface area contributed by atoms with Gasteiger partial charge in [0.1, 0.15) is 0 Å². The maximum Gasteiger partial charge on any atom is 0.378 e. The summed E-state index contributed by atoms with van der Waals surface area (Å²) < 4.78 is 16.7. The topological polar surface area (TPSA) is 46.5 Å². The van der Waals surface area contributed by atoms with E-state index in [4.69, 9.17) is 5.11 Å². The molecule has 0 saturated heterocycles. The van der Waals surface area contributed by atoms with Gasteiger partial charge in [-0.25, -0.2) is 4.79 Å². The number of hydrogen-bond acceptors (Lipinski definition) is 2. The molecule has 0 spiro atoms. The molecule has 0 aromatic heterocycles. The van der Waals surface area contributed by atoms with Crippen molar-refractivity contribution in [1.29, 1.82) is 0 Å². The van der Waals surface area contributed by atoms with Gasteiger partial charge >= 0.3 is 12.3 Å². The molecule has 0 aromatic rings. The fraction of sp³-hybridized carbons (Fsp3) is 0.533. The van der Waals surface area contributed by atoms with Crippen molar-refractivity contribution in [3.05, 3.63) is 36.6 Å². The highest BCUT2D eigenvalue weighted by molar-refractivity contribution is 5.70. The monoisotopic (exact) mass is 270 g/mol. The van der Waals surface area contributed by atoms with Gasteiger partial charge in [-0.3, -0.25) is 0 Å². The van der Waals surface area contributed by atoms with Gasteiger partial charge in [-0.05, 0) is 31.8 Å². The fourth-order valence-corrected chi connectivity index (χ4v) is 1.31. The molecule has 0 amide bonds. The number of ether oxygens (including phenoxy) is 1. The molecule has 0 rings (SSSR count). The summed E-state index contributed by atoms with van der Waals surface area (Å²) in [7, 11) is 0. The molecule has 0 heterocycles. The van der Waals surface area contributed by atoms with Crippen molar-refractivity contribution < 1.29 is 19.0 Å². The first-order chi connectivity index (χ1) is 9.18. The lowest BCUT2D eigenvalue weighted by atomic mass is 10.2. The Hall–Kier alpha value is -1.58. The summed E-state index contributed by atoms with van der Waals surface area (Å²) in [5.41, 5.74) is 0. The summed E-state index contributed by atoms with van der Waals surface area (Å²) in [6.45, 7) is 2.19. The first-order valence-electron chi connectivity index (χ1n) is 6.65. The molecule has 108 valence electrons. The molecular formula is C15H23FO3. The lowest BCUT2D eigenvalue weighted by Crippen LogP contribution is -2.15. The Labute approximate surface area is 114 Å². The second kappa shape index (κ2) is 12.9. The third-order valence-corrected chi connectivity index (χ3v) is 2.34. The van der Waals surface area contributed by atoms with Crippen molar-refractivity contribution in [2.45, 2.75) is 51.8 Å². The Balaban J connectivity index is 3.48. The molecule has 0 aliphatic heterocycles. The Kier molecular flexibility index (Phi) is 11.8. The van der Waals surface area contributed by atoms with Crippen LogP contribution in [-0.2, 0) is 9.53 Å². The van der Waals surface area contributed by atoms with Crippen LogP contribution < -0.4 is 0 Å². The Bertz CT molecular complexity index is 309. The van der Waals surface area contributed by atoms with Crippen LogP contribution in [0, 0.1) is 0 Å². The van der Waals surface area contributed by atoms with Gasteiger partial charge in [0.2, 0.25) is 0 Å². The van der Waals surface area contributed by atoms with Crippen LogP contribution in [0.25, 0.3) is 0 Å². The molecular weight excluding hydrogens is 247 g/mol. The second-order valence-corrected chi connectivity index (χ2v) is 4.07. The number of carboxylic acid groups (broad SMARTS) is 1. The van der Waals surface area contributed by atoms with E-state index in [2.05, 4.69) is 23.8 Å². The molecule has 0 saturated carbocycles. The van der Waals surface area contributed by atoms with Crippen molar-refractivity contribution in [3.63, 3.8) is 0 Å².